The Balaban J connectivity index is 1.50. The number of nitrogens with one attached hydrogen (secondary N) is 1. The summed E-state index contributed by atoms with van der Waals surface area (Å²) in [6.07, 6.45) is 0. The summed E-state index contributed by atoms with van der Waals surface area (Å²) in [5.41, 5.74) is 2.17. The van der Waals surface area contributed by atoms with Gasteiger partial charge in [0, 0.05) is 10.9 Å². The zero-order valence-electron chi connectivity index (χ0n) is 21.1. The number of ether oxygens (including phenoxy) is 2. The highest BCUT2D eigenvalue weighted by Crippen LogP contribution is 2.24. The maximum Gasteiger partial charge on any atom is 0.337 e. The van der Waals surface area contributed by atoms with Gasteiger partial charge in [-0.2, -0.15) is 4.99 Å². The maximum absolute atomic E-state index is 12.6. The lowest BCUT2D eigenvalue weighted by molar-refractivity contribution is -0.141. The summed E-state index contributed by atoms with van der Waals surface area (Å²) in [4.78, 5) is 57.1. The summed E-state index contributed by atoms with van der Waals surface area (Å²) >= 11 is 2.11. The van der Waals surface area contributed by atoms with Crippen molar-refractivity contribution in [3.8, 4) is 11.3 Å². The smallest absolute Gasteiger partial charge is 0.337 e. The lowest BCUT2D eigenvalue weighted by Crippen LogP contribution is -2.28. The molecule has 15 heteroatoms. The van der Waals surface area contributed by atoms with Crippen molar-refractivity contribution in [3.63, 3.8) is 0 Å². The van der Waals surface area contributed by atoms with Crippen LogP contribution in [-0.4, -0.2) is 67.4 Å². The van der Waals surface area contributed by atoms with Crippen molar-refractivity contribution in [2.75, 3.05) is 31.0 Å². The number of benzene rings is 2. The molecule has 40 heavy (non-hydrogen) atoms. The third kappa shape index (κ3) is 7.05. The summed E-state index contributed by atoms with van der Waals surface area (Å²) in [7, 11) is -1.76. The zero-order chi connectivity index (χ0) is 28.9. The van der Waals surface area contributed by atoms with Gasteiger partial charge in [-0.1, -0.05) is 41.7 Å². The van der Waals surface area contributed by atoms with E-state index in [4.69, 9.17) is 9.47 Å². The molecule has 0 bridgehead atoms. The molecule has 2 aromatic carbocycles. The van der Waals surface area contributed by atoms with Crippen LogP contribution in [0, 0.1) is 0 Å². The van der Waals surface area contributed by atoms with Crippen LogP contribution in [0.4, 0.5) is 5.13 Å². The molecular weight excluding hydrogens is 580 g/mol. The number of thiazole rings is 2. The molecule has 0 saturated heterocycles. The van der Waals surface area contributed by atoms with E-state index in [1.54, 1.807) is 11.4 Å². The van der Waals surface area contributed by atoms with Crippen molar-refractivity contribution in [1.29, 1.82) is 0 Å². The highest BCUT2D eigenvalue weighted by atomic mass is 32.2. The molecule has 0 radical (unpaired) electrons. The average Bonchev–Trinajstić information content (AvgIpc) is 3.51. The lowest BCUT2D eigenvalue weighted by Gasteiger charge is -2.05. The van der Waals surface area contributed by atoms with E-state index in [-0.39, 0.29) is 22.0 Å². The predicted molar refractivity (Wildman–Crippen MR) is 149 cm³/mol. The van der Waals surface area contributed by atoms with E-state index in [0.717, 1.165) is 28.2 Å². The minimum absolute atomic E-state index is 0.0169. The number of methoxy groups -OCH3 is 2. The fourth-order valence-electron chi connectivity index (χ4n) is 3.56. The number of sulfone groups is 1. The molecule has 2 heterocycles. The fraction of sp³-hybridized carbons (Fsp3) is 0.200. The second-order valence-corrected chi connectivity index (χ2v) is 12.1. The minimum Gasteiger partial charge on any atom is -0.468 e. The Morgan fingerprint density at radius 3 is 2.48 bits per heavy atom. The first kappa shape index (κ1) is 28.8. The van der Waals surface area contributed by atoms with Crippen molar-refractivity contribution < 1.29 is 37.1 Å². The number of anilines is 1. The van der Waals surface area contributed by atoms with Crippen LogP contribution < -0.4 is 10.1 Å². The molecule has 0 spiro atoms. The SMILES string of the molecule is COC(=O)Cn1c(=NC(=O)CS(=O)(=O)CC(=O)Nc2nc(-c3ccccc3)cs2)sc2cc(C(=O)OC)ccc21. The molecule has 0 atom stereocenters. The average molecular weight is 603 g/mol. The Hall–Kier alpha value is -4.21. The molecule has 0 unspecified atom stereocenters. The third-order valence-corrected chi connectivity index (χ3v) is 8.54. The molecule has 208 valence electrons. The molecule has 4 rings (SSSR count). The monoisotopic (exact) mass is 602 g/mol. The molecule has 2 aromatic heterocycles. The first-order valence-corrected chi connectivity index (χ1v) is 15.0. The Morgan fingerprint density at radius 2 is 1.77 bits per heavy atom. The van der Waals surface area contributed by atoms with Crippen molar-refractivity contribution in [2.24, 2.45) is 4.99 Å². The van der Waals surface area contributed by atoms with Gasteiger partial charge in [0.1, 0.15) is 18.1 Å². The highest BCUT2D eigenvalue weighted by Gasteiger charge is 2.22. The van der Waals surface area contributed by atoms with Crippen LogP contribution in [0.15, 0.2) is 58.9 Å². The number of hydrogen-bond donors (Lipinski definition) is 1. The summed E-state index contributed by atoms with van der Waals surface area (Å²) in [5, 5.41) is 4.39. The Bertz CT molecular complexity index is 1770. The summed E-state index contributed by atoms with van der Waals surface area (Å²) < 4.78 is 36.5. The van der Waals surface area contributed by atoms with E-state index in [9.17, 15) is 27.6 Å². The normalized spacial score (nSPS) is 11.8. The zero-order valence-corrected chi connectivity index (χ0v) is 23.6. The van der Waals surface area contributed by atoms with E-state index in [2.05, 4.69) is 15.3 Å². The van der Waals surface area contributed by atoms with Gasteiger partial charge in [-0.3, -0.25) is 14.4 Å². The number of rotatable bonds is 9. The molecule has 0 aliphatic rings. The van der Waals surface area contributed by atoms with Gasteiger partial charge in [0.2, 0.25) is 5.91 Å². The quantitative estimate of drug-likeness (QED) is 0.283. The third-order valence-electron chi connectivity index (χ3n) is 5.35. The highest BCUT2D eigenvalue weighted by molar-refractivity contribution is 7.92. The number of aromatic nitrogens is 2. The summed E-state index contributed by atoms with van der Waals surface area (Å²) in [6.45, 7) is -0.311. The molecule has 0 aliphatic carbocycles. The second kappa shape index (κ2) is 12.3. The van der Waals surface area contributed by atoms with Gasteiger partial charge < -0.3 is 19.4 Å². The largest absolute Gasteiger partial charge is 0.468 e. The maximum atomic E-state index is 12.6. The standard InChI is InChI=1S/C25H22N4O8S3/c1-36-22(32)11-29-18-9-8-16(23(33)37-2)10-19(18)39-25(29)28-21(31)14-40(34,35)13-20(30)27-24-26-17(12-38-24)15-6-4-3-5-7-15/h3-10,12H,11,13-14H2,1-2H3,(H,26,27,30). The number of amides is 2. The molecule has 0 aliphatic heterocycles. The van der Waals surface area contributed by atoms with Gasteiger partial charge in [-0.15, -0.1) is 11.3 Å². The molecular formula is C25H22N4O8S3. The van der Waals surface area contributed by atoms with E-state index >= 15 is 0 Å². The number of esters is 2. The number of carbonyl (C=O) groups is 4. The van der Waals surface area contributed by atoms with Gasteiger partial charge in [0.15, 0.2) is 19.8 Å². The van der Waals surface area contributed by atoms with Crippen molar-refractivity contribution in [2.45, 2.75) is 6.54 Å². The first-order chi connectivity index (χ1) is 19.1. The molecule has 12 nitrogen and oxygen atoms in total. The van der Waals surface area contributed by atoms with Crippen LogP contribution in [0.1, 0.15) is 10.4 Å². The minimum atomic E-state index is -4.19. The number of carbonyl (C=O) groups excluding carboxylic acids is 4. The van der Waals surface area contributed by atoms with Crippen LogP contribution in [0.25, 0.3) is 21.5 Å². The van der Waals surface area contributed by atoms with Gasteiger partial charge in [0.25, 0.3) is 5.91 Å². The topological polar surface area (TPSA) is 163 Å². The van der Waals surface area contributed by atoms with Crippen LogP contribution in [0.5, 0.6) is 0 Å². The van der Waals surface area contributed by atoms with Gasteiger partial charge in [-0.05, 0) is 18.2 Å². The molecule has 0 saturated carbocycles. The molecule has 1 N–H and O–H groups in total. The van der Waals surface area contributed by atoms with Crippen LogP contribution in [-0.2, 0) is 40.2 Å². The molecule has 0 fully saturated rings. The number of nitrogens with zero attached hydrogens (tertiary/aromatic N) is 3. The second-order valence-electron chi connectivity index (χ2n) is 8.21. The van der Waals surface area contributed by atoms with Crippen molar-refractivity contribution >= 4 is 71.6 Å². The summed E-state index contributed by atoms with van der Waals surface area (Å²) in [5.74, 6) is -5.08. The lowest BCUT2D eigenvalue weighted by atomic mass is 10.2. The fourth-order valence-corrected chi connectivity index (χ4v) is 6.39. The molecule has 2 amide bonds. The van der Waals surface area contributed by atoms with Crippen molar-refractivity contribution in [3.05, 3.63) is 64.3 Å². The predicted octanol–water partition coefficient (Wildman–Crippen LogP) is 2.27. The molecule has 4 aromatic rings. The Kier molecular flexibility index (Phi) is 8.86. The van der Waals surface area contributed by atoms with E-state index in [0.29, 0.717) is 15.9 Å². The van der Waals surface area contributed by atoms with Crippen molar-refractivity contribution in [1.82, 2.24) is 9.55 Å². The summed E-state index contributed by atoms with van der Waals surface area (Å²) in [6, 6.07) is 13.8. The van der Waals surface area contributed by atoms with Crippen LogP contribution in [0.3, 0.4) is 0 Å². The Labute approximate surface area is 235 Å². The Morgan fingerprint density at radius 1 is 1.02 bits per heavy atom. The van der Waals surface area contributed by atoms with E-state index in [1.807, 2.05) is 30.3 Å². The van der Waals surface area contributed by atoms with Gasteiger partial charge >= 0.3 is 11.9 Å². The van der Waals surface area contributed by atoms with Gasteiger partial charge in [-0.25, -0.2) is 18.2 Å². The van der Waals surface area contributed by atoms with E-state index in [1.165, 1.54) is 30.9 Å². The number of fused-ring (bicyclic) bond motifs is 1. The first-order valence-electron chi connectivity index (χ1n) is 11.5. The number of hydrogen-bond acceptors (Lipinski definition) is 11. The van der Waals surface area contributed by atoms with E-state index < -0.39 is 45.1 Å². The van der Waals surface area contributed by atoms with Crippen LogP contribution in [0.2, 0.25) is 0 Å². The van der Waals surface area contributed by atoms with Gasteiger partial charge in [0.05, 0.1) is 35.7 Å². The van der Waals surface area contributed by atoms with Crippen LogP contribution >= 0.6 is 22.7 Å².